The number of carbonyl (C=O) groups excluding carboxylic acids is 1. The second-order valence-corrected chi connectivity index (χ2v) is 7.43. The number of carbonyl (C=O) groups is 1. The fourth-order valence-electron chi connectivity index (χ4n) is 3.02. The number of amidine groups is 1. The highest BCUT2D eigenvalue weighted by molar-refractivity contribution is 7.22. The van der Waals surface area contributed by atoms with Gasteiger partial charge < -0.3 is 10.1 Å². The number of hydrogen-bond acceptors (Lipinski definition) is 5. The molecule has 3 aromatic rings. The number of fused-ring (bicyclic) bond motifs is 2. The molecule has 0 radical (unpaired) electrons. The van der Waals surface area contributed by atoms with Crippen LogP contribution < -0.4 is 5.32 Å². The van der Waals surface area contributed by atoms with Crippen molar-refractivity contribution in [1.82, 2.24) is 10.3 Å². The van der Waals surface area contributed by atoms with Crippen molar-refractivity contribution in [2.24, 2.45) is 4.99 Å². The molecular formula is C22H18N4O2S. The van der Waals surface area contributed by atoms with Crippen molar-refractivity contribution in [3.05, 3.63) is 76.8 Å². The number of unbranched alkanes of at least 4 members (excludes halogenated alkanes) is 1. The van der Waals surface area contributed by atoms with Crippen molar-refractivity contribution < 1.29 is 9.53 Å². The Morgan fingerprint density at radius 3 is 2.72 bits per heavy atom. The standard InChI is InChI=1S/C22H18N4O2S/c1-3-4-13-28-21(27)19(23-2)18-14-9-5-6-10-15(14)20(25-18)26-22-24-16-11-7-8-12-17(16)29-22/h5-12H,3-4,13H2,1H3,(H,24,25,26). The SMILES string of the molecule is [C-]#[N+]C(C(=O)OCCCC)=C1NC(=Nc2nc3ccccc3s2)c2ccccc21. The molecule has 0 atom stereocenters. The lowest BCUT2D eigenvalue weighted by atomic mass is 10.1. The van der Waals surface area contributed by atoms with Gasteiger partial charge in [0.15, 0.2) is 0 Å². The number of aliphatic imine (C=N–C) groups is 1. The number of para-hydroxylation sites is 1. The maximum absolute atomic E-state index is 12.4. The zero-order chi connectivity index (χ0) is 20.2. The first kappa shape index (κ1) is 18.8. The number of ether oxygens (including phenoxy) is 1. The Kier molecular flexibility index (Phi) is 5.36. The number of thiazole rings is 1. The predicted octanol–water partition coefficient (Wildman–Crippen LogP) is 4.91. The van der Waals surface area contributed by atoms with Crippen LogP contribution in [0.4, 0.5) is 5.13 Å². The van der Waals surface area contributed by atoms with Gasteiger partial charge in [0, 0.05) is 5.56 Å². The predicted molar refractivity (Wildman–Crippen MR) is 115 cm³/mol. The van der Waals surface area contributed by atoms with Gasteiger partial charge in [-0.25, -0.2) is 14.8 Å². The summed E-state index contributed by atoms with van der Waals surface area (Å²) in [5, 5.41) is 3.76. The number of aromatic nitrogens is 1. The van der Waals surface area contributed by atoms with Gasteiger partial charge in [0.05, 0.1) is 29.1 Å². The van der Waals surface area contributed by atoms with Crippen molar-refractivity contribution in [3.8, 4) is 0 Å². The molecule has 0 spiro atoms. The van der Waals surface area contributed by atoms with Gasteiger partial charge in [-0.1, -0.05) is 61.1 Å². The van der Waals surface area contributed by atoms with E-state index in [0.717, 1.165) is 34.2 Å². The maximum Gasteiger partial charge on any atom is 0.338 e. The van der Waals surface area contributed by atoms with E-state index in [1.165, 1.54) is 11.3 Å². The van der Waals surface area contributed by atoms with E-state index in [2.05, 4.69) is 20.1 Å². The first-order valence-electron chi connectivity index (χ1n) is 9.31. The van der Waals surface area contributed by atoms with Crippen molar-refractivity contribution in [2.45, 2.75) is 19.8 Å². The quantitative estimate of drug-likeness (QED) is 0.285. The molecule has 0 unspecified atom stereocenters. The van der Waals surface area contributed by atoms with Gasteiger partial charge in [0.1, 0.15) is 5.84 Å². The van der Waals surface area contributed by atoms with Crippen LogP contribution in [0.15, 0.2) is 59.2 Å². The van der Waals surface area contributed by atoms with Crippen molar-refractivity contribution in [2.75, 3.05) is 6.61 Å². The molecule has 1 aliphatic rings. The normalized spacial score (nSPS) is 15.7. The van der Waals surface area contributed by atoms with Gasteiger partial charge in [-0.2, -0.15) is 0 Å². The highest BCUT2D eigenvalue weighted by Crippen LogP contribution is 2.32. The first-order chi connectivity index (χ1) is 14.2. The second-order valence-electron chi connectivity index (χ2n) is 6.42. The van der Waals surface area contributed by atoms with E-state index in [0.29, 0.717) is 23.3 Å². The molecule has 0 fully saturated rings. The molecule has 1 aromatic heterocycles. The number of nitrogens with zero attached hydrogens (tertiary/aromatic N) is 3. The lowest BCUT2D eigenvalue weighted by Crippen LogP contribution is -2.17. The number of esters is 1. The van der Waals surface area contributed by atoms with Gasteiger partial charge >= 0.3 is 5.97 Å². The highest BCUT2D eigenvalue weighted by atomic mass is 32.1. The van der Waals surface area contributed by atoms with Crippen LogP contribution in [0, 0.1) is 6.57 Å². The van der Waals surface area contributed by atoms with Gasteiger partial charge in [-0.15, -0.1) is 0 Å². The van der Waals surface area contributed by atoms with Crippen LogP contribution in [0.25, 0.3) is 20.8 Å². The number of rotatable bonds is 5. The molecule has 6 nitrogen and oxygen atoms in total. The Balaban J connectivity index is 1.73. The summed E-state index contributed by atoms with van der Waals surface area (Å²) in [6, 6.07) is 15.4. The lowest BCUT2D eigenvalue weighted by molar-refractivity contribution is -0.138. The zero-order valence-electron chi connectivity index (χ0n) is 15.8. The minimum absolute atomic E-state index is 0.0666. The Labute approximate surface area is 172 Å². The number of benzene rings is 2. The summed E-state index contributed by atoms with van der Waals surface area (Å²) >= 11 is 1.49. The Hall–Kier alpha value is -3.50. The third kappa shape index (κ3) is 3.75. The summed E-state index contributed by atoms with van der Waals surface area (Å²) in [5.41, 5.74) is 2.83. The molecule has 144 valence electrons. The van der Waals surface area contributed by atoms with Crippen molar-refractivity contribution in [1.29, 1.82) is 0 Å². The summed E-state index contributed by atoms with van der Waals surface area (Å²) in [4.78, 5) is 25.1. The Morgan fingerprint density at radius 2 is 1.97 bits per heavy atom. The maximum atomic E-state index is 12.4. The van der Waals surface area contributed by atoms with Crippen molar-refractivity contribution >= 4 is 44.2 Å². The molecular weight excluding hydrogens is 384 g/mol. The fraction of sp³-hybridized carbons (Fsp3) is 0.182. The Bertz CT molecular complexity index is 1150. The molecule has 2 aromatic carbocycles. The largest absolute Gasteiger partial charge is 0.471 e. The number of hydrogen-bond donors (Lipinski definition) is 1. The topological polar surface area (TPSA) is 67.9 Å². The van der Waals surface area contributed by atoms with Crippen LogP contribution in [-0.2, 0) is 9.53 Å². The van der Waals surface area contributed by atoms with Gasteiger partial charge in [0.2, 0.25) is 5.13 Å². The molecule has 0 bridgehead atoms. The van der Waals surface area contributed by atoms with Gasteiger partial charge in [-0.05, 0) is 24.1 Å². The fourth-order valence-corrected chi connectivity index (χ4v) is 3.86. The van der Waals surface area contributed by atoms with Crippen LogP contribution in [-0.4, -0.2) is 23.4 Å². The molecule has 7 heteroatoms. The van der Waals surface area contributed by atoms with Crippen LogP contribution in [0.3, 0.4) is 0 Å². The smallest absolute Gasteiger partial charge is 0.338 e. The second kappa shape index (κ2) is 8.25. The molecule has 0 saturated heterocycles. The molecule has 29 heavy (non-hydrogen) atoms. The lowest BCUT2D eigenvalue weighted by Gasteiger charge is -2.06. The molecule has 1 aliphatic heterocycles. The van der Waals surface area contributed by atoms with Crippen LogP contribution in [0.5, 0.6) is 0 Å². The monoisotopic (exact) mass is 402 g/mol. The van der Waals surface area contributed by atoms with E-state index in [-0.39, 0.29) is 5.70 Å². The molecule has 1 N–H and O–H groups in total. The van der Waals surface area contributed by atoms with Gasteiger partial charge in [-0.3, -0.25) is 4.79 Å². The molecule has 4 rings (SSSR count). The highest BCUT2D eigenvalue weighted by Gasteiger charge is 2.28. The molecule has 0 saturated carbocycles. The zero-order valence-corrected chi connectivity index (χ0v) is 16.6. The summed E-state index contributed by atoms with van der Waals surface area (Å²) in [6.45, 7) is 9.83. The van der Waals surface area contributed by atoms with E-state index in [4.69, 9.17) is 11.3 Å². The first-order valence-corrected chi connectivity index (χ1v) is 10.1. The summed E-state index contributed by atoms with van der Waals surface area (Å²) in [6.07, 6.45) is 1.68. The van der Waals surface area contributed by atoms with Crippen LogP contribution in [0.2, 0.25) is 0 Å². The van der Waals surface area contributed by atoms with Crippen LogP contribution >= 0.6 is 11.3 Å². The summed E-state index contributed by atoms with van der Waals surface area (Å²) in [5.74, 6) is -0.0517. The Morgan fingerprint density at radius 1 is 1.21 bits per heavy atom. The van der Waals surface area contributed by atoms with E-state index in [1.807, 2.05) is 55.5 Å². The minimum Gasteiger partial charge on any atom is -0.471 e. The average Bonchev–Trinajstić information content (AvgIpc) is 3.31. The van der Waals surface area contributed by atoms with E-state index >= 15 is 0 Å². The third-order valence-corrected chi connectivity index (χ3v) is 5.39. The number of nitrogens with one attached hydrogen (secondary N) is 1. The van der Waals surface area contributed by atoms with Crippen LogP contribution in [0.1, 0.15) is 30.9 Å². The minimum atomic E-state index is -0.619. The molecule has 0 amide bonds. The van der Waals surface area contributed by atoms with E-state index in [9.17, 15) is 4.79 Å². The summed E-state index contributed by atoms with van der Waals surface area (Å²) < 4.78 is 6.31. The van der Waals surface area contributed by atoms with E-state index in [1.54, 1.807) is 0 Å². The average molecular weight is 402 g/mol. The van der Waals surface area contributed by atoms with Crippen molar-refractivity contribution in [3.63, 3.8) is 0 Å². The third-order valence-electron chi connectivity index (χ3n) is 4.46. The van der Waals surface area contributed by atoms with E-state index < -0.39 is 5.97 Å². The van der Waals surface area contributed by atoms with Gasteiger partial charge in [0.25, 0.3) is 5.70 Å². The molecule has 0 aliphatic carbocycles. The molecule has 2 heterocycles. The summed E-state index contributed by atoms with van der Waals surface area (Å²) in [7, 11) is 0.